The zero-order valence-electron chi connectivity index (χ0n) is 25.3. The first-order chi connectivity index (χ1) is 19.9. The van der Waals surface area contributed by atoms with Crippen LogP contribution in [0.15, 0.2) is 84.9 Å². The molecule has 0 aliphatic heterocycles. The van der Waals surface area contributed by atoms with E-state index in [1.165, 1.54) is 15.9 Å². The van der Waals surface area contributed by atoms with Crippen LogP contribution >= 0.6 is 0 Å². The number of nitrogens with one attached hydrogen (secondary N) is 1. The Hall–Kier alpha value is -4.01. The van der Waals surface area contributed by atoms with Crippen molar-refractivity contribution in [2.45, 2.75) is 63.8 Å². The zero-order valence-corrected chi connectivity index (χ0v) is 25.3. The maximum Gasteiger partial charge on any atom is 0.246 e. The predicted molar refractivity (Wildman–Crippen MR) is 168 cm³/mol. The van der Waals surface area contributed by atoms with Crippen LogP contribution < -0.4 is 11.1 Å². The summed E-state index contributed by atoms with van der Waals surface area (Å²) in [5.41, 5.74) is 7.38. The topological polar surface area (TPSA) is 116 Å². The van der Waals surface area contributed by atoms with Crippen molar-refractivity contribution in [3.05, 3.63) is 96.1 Å². The summed E-state index contributed by atoms with van der Waals surface area (Å²) < 4.78 is 0. The quantitative estimate of drug-likeness (QED) is 0.271. The van der Waals surface area contributed by atoms with Crippen molar-refractivity contribution in [2.75, 3.05) is 20.6 Å². The van der Waals surface area contributed by atoms with Gasteiger partial charge in [0.15, 0.2) is 0 Å². The van der Waals surface area contributed by atoms with Crippen molar-refractivity contribution < 1.29 is 19.5 Å². The Morgan fingerprint density at radius 1 is 0.881 bits per heavy atom. The molecule has 0 radical (unpaired) electrons. The van der Waals surface area contributed by atoms with E-state index in [4.69, 9.17) is 5.73 Å². The fourth-order valence-corrected chi connectivity index (χ4v) is 4.71. The number of aliphatic hydroxyl groups is 1. The molecule has 0 fully saturated rings. The standard InChI is InChI=1S/C34H44N4O4/c1-24(39)23-36-32(41)29(21-25-12-7-6-8-13-25)38(5)33(42)30(37(4)31(40)16-11-19-34(2,3)35)22-26-17-18-27-14-9-10-15-28(27)20-26/h6-18,20,24,29-30,39H,19,21-23,35H2,1-5H3,(H,36,41)/b16-11+/t24-,29+,30?/m0/s1. The molecule has 0 bridgehead atoms. The molecule has 3 rings (SSSR count). The highest BCUT2D eigenvalue weighted by molar-refractivity contribution is 5.95. The van der Waals surface area contributed by atoms with Crippen LogP contribution in [-0.2, 0) is 27.2 Å². The van der Waals surface area contributed by atoms with E-state index in [0.29, 0.717) is 6.42 Å². The number of carbonyl (C=O) groups is 3. The lowest BCUT2D eigenvalue weighted by atomic mass is 9.98. The van der Waals surface area contributed by atoms with E-state index in [1.807, 2.05) is 86.6 Å². The Morgan fingerprint density at radius 3 is 2.14 bits per heavy atom. The number of nitrogens with zero attached hydrogens (tertiary/aromatic N) is 2. The molecule has 0 aliphatic carbocycles. The van der Waals surface area contributed by atoms with Gasteiger partial charge in [-0.05, 0) is 55.2 Å². The fraction of sp³-hybridized carbons (Fsp3) is 0.382. The van der Waals surface area contributed by atoms with Crippen LogP contribution in [0.2, 0.25) is 0 Å². The van der Waals surface area contributed by atoms with E-state index in [0.717, 1.165) is 21.9 Å². The molecule has 0 spiro atoms. The summed E-state index contributed by atoms with van der Waals surface area (Å²) in [6.45, 7) is 5.40. The van der Waals surface area contributed by atoms with Crippen LogP contribution in [0.1, 0.15) is 38.3 Å². The number of fused-ring (bicyclic) bond motifs is 1. The van der Waals surface area contributed by atoms with Crippen LogP contribution in [0.25, 0.3) is 10.8 Å². The van der Waals surface area contributed by atoms with E-state index in [2.05, 4.69) is 5.32 Å². The van der Waals surface area contributed by atoms with Gasteiger partial charge in [0.25, 0.3) is 0 Å². The molecule has 3 atom stereocenters. The number of carbonyl (C=O) groups excluding carboxylic acids is 3. The average molecular weight is 573 g/mol. The second-order valence-corrected chi connectivity index (χ2v) is 11.7. The number of nitrogens with two attached hydrogens (primary N) is 1. The average Bonchev–Trinajstić information content (AvgIpc) is 2.96. The number of amides is 3. The first-order valence-corrected chi connectivity index (χ1v) is 14.3. The van der Waals surface area contributed by atoms with Gasteiger partial charge in [-0.25, -0.2) is 0 Å². The zero-order chi connectivity index (χ0) is 30.9. The van der Waals surface area contributed by atoms with Gasteiger partial charge in [0.1, 0.15) is 12.1 Å². The van der Waals surface area contributed by atoms with Gasteiger partial charge in [-0.1, -0.05) is 78.9 Å². The van der Waals surface area contributed by atoms with Crippen molar-refractivity contribution in [3.63, 3.8) is 0 Å². The van der Waals surface area contributed by atoms with Gasteiger partial charge in [0.2, 0.25) is 17.7 Å². The summed E-state index contributed by atoms with van der Waals surface area (Å²) >= 11 is 0. The number of hydrogen-bond donors (Lipinski definition) is 3. The Bertz CT molecular complexity index is 1380. The maximum atomic E-state index is 14.2. The van der Waals surface area contributed by atoms with Crippen LogP contribution in [0.4, 0.5) is 0 Å². The van der Waals surface area contributed by atoms with Crippen LogP contribution in [-0.4, -0.2) is 77.0 Å². The monoisotopic (exact) mass is 572 g/mol. The molecule has 0 heterocycles. The molecule has 3 amide bonds. The number of hydrogen-bond acceptors (Lipinski definition) is 5. The van der Waals surface area contributed by atoms with E-state index in [-0.39, 0.29) is 37.1 Å². The van der Waals surface area contributed by atoms with Gasteiger partial charge in [0.05, 0.1) is 6.10 Å². The summed E-state index contributed by atoms with van der Waals surface area (Å²) in [4.78, 5) is 43.7. The molecule has 3 aromatic rings. The fourth-order valence-electron chi connectivity index (χ4n) is 4.71. The molecule has 1 unspecified atom stereocenters. The lowest BCUT2D eigenvalue weighted by Gasteiger charge is -2.34. The molecular formula is C34H44N4O4. The normalized spacial score (nSPS) is 13.9. The summed E-state index contributed by atoms with van der Waals surface area (Å²) in [5.74, 6) is -1.07. The van der Waals surface area contributed by atoms with E-state index in [1.54, 1.807) is 27.1 Å². The minimum absolute atomic E-state index is 0.0628. The molecular weight excluding hydrogens is 528 g/mol. The summed E-state index contributed by atoms with van der Waals surface area (Å²) in [7, 11) is 3.20. The number of rotatable bonds is 13. The highest BCUT2D eigenvalue weighted by atomic mass is 16.3. The van der Waals surface area contributed by atoms with E-state index in [9.17, 15) is 19.5 Å². The van der Waals surface area contributed by atoms with Crippen LogP contribution in [0, 0.1) is 0 Å². The van der Waals surface area contributed by atoms with Crippen molar-refractivity contribution >= 4 is 28.5 Å². The Balaban J connectivity index is 1.95. The maximum absolute atomic E-state index is 14.2. The summed E-state index contributed by atoms with van der Waals surface area (Å²) in [6.07, 6.45) is 3.48. The Kier molecular flexibility index (Phi) is 11.4. The summed E-state index contributed by atoms with van der Waals surface area (Å²) in [5, 5.41) is 14.6. The van der Waals surface area contributed by atoms with Crippen molar-refractivity contribution in [2.24, 2.45) is 5.73 Å². The molecule has 0 saturated heterocycles. The van der Waals surface area contributed by atoms with E-state index >= 15 is 0 Å². The number of likely N-dealkylation sites (N-methyl/N-ethyl adjacent to an activating group) is 2. The second kappa shape index (κ2) is 14.8. The predicted octanol–water partition coefficient (Wildman–Crippen LogP) is 3.46. The third-order valence-electron chi connectivity index (χ3n) is 7.21. The van der Waals surface area contributed by atoms with Crippen LogP contribution in [0.3, 0.4) is 0 Å². The van der Waals surface area contributed by atoms with Gasteiger partial charge in [-0.3, -0.25) is 14.4 Å². The molecule has 0 saturated carbocycles. The number of benzene rings is 3. The smallest absolute Gasteiger partial charge is 0.246 e. The van der Waals surface area contributed by atoms with Gasteiger partial charge < -0.3 is 26.0 Å². The highest BCUT2D eigenvalue weighted by Gasteiger charge is 2.35. The summed E-state index contributed by atoms with van der Waals surface area (Å²) in [6, 6.07) is 21.7. The number of aliphatic hydroxyl groups excluding tert-OH is 1. The molecule has 4 N–H and O–H groups in total. The highest BCUT2D eigenvalue weighted by Crippen LogP contribution is 2.20. The van der Waals surface area contributed by atoms with Crippen molar-refractivity contribution in [3.8, 4) is 0 Å². The van der Waals surface area contributed by atoms with Gasteiger partial charge in [-0.2, -0.15) is 0 Å². The first-order valence-electron chi connectivity index (χ1n) is 14.3. The molecule has 0 aliphatic rings. The Morgan fingerprint density at radius 2 is 1.50 bits per heavy atom. The minimum Gasteiger partial charge on any atom is -0.392 e. The molecule has 224 valence electrons. The molecule has 8 heteroatoms. The van der Waals surface area contributed by atoms with E-state index < -0.39 is 23.7 Å². The minimum atomic E-state index is -0.873. The third-order valence-corrected chi connectivity index (χ3v) is 7.21. The van der Waals surface area contributed by atoms with Gasteiger partial charge in [0, 0.05) is 39.0 Å². The Labute approximate surface area is 249 Å². The van der Waals surface area contributed by atoms with Crippen molar-refractivity contribution in [1.82, 2.24) is 15.1 Å². The second-order valence-electron chi connectivity index (χ2n) is 11.7. The first kappa shape index (κ1) is 32.5. The van der Waals surface area contributed by atoms with Gasteiger partial charge >= 0.3 is 0 Å². The molecule has 42 heavy (non-hydrogen) atoms. The lowest BCUT2D eigenvalue weighted by molar-refractivity contribution is -0.146. The van der Waals surface area contributed by atoms with Gasteiger partial charge in [-0.15, -0.1) is 0 Å². The third kappa shape index (κ3) is 9.53. The molecule has 3 aromatic carbocycles. The van der Waals surface area contributed by atoms with Crippen LogP contribution in [0.5, 0.6) is 0 Å². The lowest BCUT2D eigenvalue weighted by Crippen LogP contribution is -2.56. The largest absolute Gasteiger partial charge is 0.392 e. The SMILES string of the molecule is C[C@H](O)CNC(=O)[C@@H](Cc1ccccc1)N(C)C(=O)C(Cc1ccc2ccccc2c1)N(C)C(=O)/C=C/CC(C)(C)N. The van der Waals surface area contributed by atoms with Crippen molar-refractivity contribution in [1.29, 1.82) is 0 Å². The molecule has 8 nitrogen and oxygen atoms in total. The molecule has 0 aromatic heterocycles.